The Morgan fingerprint density at radius 3 is 1.34 bits per heavy atom. The number of nitrogens with one attached hydrogen (secondary N) is 13. The summed E-state index contributed by atoms with van der Waals surface area (Å²) < 4.78 is 0. The van der Waals surface area contributed by atoms with Crippen LogP contribution in [0.15, 0.2) is 49.3 Å². The highest BCUT2D eigenvalue weighted by Crippen LogP contribution is 2.28. The summed E-state index contributed by atoms with van der Waals surface area (Å²) in [7, 11) is 0. The van der Waals surface area contributed by atoms with Crippen molar-refractivity contribution in [3.8, 4) is 5.75 Å². The van der Waals surface area contributed by atoms with Crippen molar-refractivity contribution in [1.82, 2.24) is 93.1 Å². The number of rotatable bonds is 47. The minimum absolute atomic E-state index is 0.0405. The Morgan fingerprint density at radius 2 is 0.850 bits per heavy atom. The molecule has 19 N–H and O–H groups in total. The minimum atomic E-state index is -1.34. The summed E-state index contributed by atoms with van der Waals surface area (Å²) in [5, 5.41) is 50.3. The van der Waals surface area contributed by atoms with Crippen LogP contribution < -0.4 is 70.0 Å². The lowest BCUT2D eigenvalue weighted by atomic mass is 9.97. The molecular formula is C83H132N20O17. The molecule has 120 heavy (non-hydrogen) atoms. The minimum Gasteiger partial charge on any atom is -0.508 e. The van der Waals surface area contributed by atoms with Crippen LogP contribution in [0.2, 0.25) is 0 Å². The van der Waals surface area contributed by atoms with Gasteiger partial charge in [0.15, 0.2) is 0 Å². The number of hydrogen-bond donors (Lipinski definition) is 17. The number of nitrogens with zero attached hydrogens (tertiary/aromatic N) is 5. The smallest absolute Gasteiger partial charge is 0.326 e. The number of aliphatic carboxylic acids is 1. The monoisotopic (exact) mass is 1680 g/mol. The van der Waals surface area contributed by atoms with Crippen LogP contribution in [0.1, 0.15) is 197 Å². The average Bonchev–Trinajstić information content (AvgIpc) is 1.64. The van der Waals surface area contributed by atoms with E-state index in [0.29, 0.717) is 55.5 Å². The summed E-state index contributed by atoms with van der Waals surface area (Å²) in [5.41, 5.74) is 13.6. The lowest BCUT2D eigenvalue weighted by Gasteiger charge is -2.33. The van der Waals surface area contributed by atoms with Crippen LogP contribution in [-0.2, 0) is 91.2 Å². The molecule has 6 rings (SSSR count). The number of carboxylic acid groups (broad SMARTS) is 1. The Kier molecular flexibility index (Phi) is 38.8. The number of H-pyrrole nitrogens is 2. The normalized spacial score (nSPS) is 18.2. The van der Waals surface area contributed by atoms with Gasteiger partial charge in [-0.05, 0) is 149 Å². The Bertz CT molecular complexity index is 3930. The number of hydrogen-bond acceptors (Lipinski definition) is 20. The van der Waals surface area contributed by atoms with Gasteiger partial charge in [0.05, 0.1) is 25.2 Å². The number of benzene rings is 1. The summed E-state index contributed by atoms with van der Waals surface area (Å²) in [5.74, 6) is -13.4. The SMILES string of the molecule is CC(C)C[C@H](NC(=O)[C@H](CCCCN)NC(=O)[C@@H](NC(=O)[C@@H](NC(=O)[C@@H](NC(=O)[C@@H]1CCCN1C(=O)[C@H](CC(C)C)NC(=O)CNC(=O)[C@H](Cc1ccc(O)cc1)NC(=O)[C@H](Cc1cnc[nH]1)NC(=O)[C@@H](N)CC(C)C)C(C)C)C(C)C)C(C)C)C(=O)N[C@@H](CC(C)C)C(=O)N[C@@H](Cc1cnc[nH]1)C(=O)N1CCC[C@H]1C(=O)N1CCC[C@H]1C(=O)O. The van der Waals surface area contributed by atoms with Crippen molar-refractivity contribution in [2.24, 2.45) is 52.9 Å². The molecule has 0 saturated carbocycles. The molecule has 14 atom stereocenters. The van der Waals surface area contributed by atoms with Gasteiger partial charge in [-0.15, -0.1) is 0 Å². The predicted molar refractivity (Wildman–Crippen MR) is 444 cm³/mol. The van der Waals surface area contributed by atoms with Gasteiger partial charge in [0, 0.05) is 62.7 Å². The molecule has 3 aliphatic heterocycles. The lowest BCUT2D eigenvalue weighted by molar-refractivity contribution is -0.152. The molecule has 0 spiro atoms. The third-order valence-corrected chi connectivity index (χ3v) is 21.5. The zero-order valence-corrected chi connectivity index (χ0v) is 72.0. The van der Waals surface area contributed by atoms with E-state index in [2.05, 4.69) is 78.4 Å². The molecule has 3 saturated heterocycles. The van der Waals surface area contributed by atoms with Crippen molar-refractivity contribution < 1.29 is 82.1 Å². The molecule has 37 heteroatoms. The van der Waals surface area contributed by atoms with E-state index in [4.69, 9.17) is 11.5 Å². The van der Waals surface area contributed by atoms with E-state index in [-0.39, 0.29) is 120 Å². The fraction of sp³-hybridized carbons (Fsp3) is 0.675. The average molecular weight is 1680 g/mol. The molecule has 37 nitrogen and oxygen atoms in total. The molecule has 666 valence electrons. The van der Waals surface area contributed by atoms with Crippen molar-refractivity contribution in [1.29, 1.82) is 0 Å². The number of unbranched alkanes of at least 4 members (excludes halogenated alkanes) is 1. The van der Waals surface area contributed by atoms with Crippen LogP contribution in [0.5, 0.6) is 5.75 Å². The van der Waals surface area contributed by atoms with Gasteiger partial charge in [-0.2, -0.15) is 0 Å². The zero-order valence-electron chi connectivity index (χ0n) is 72.0. The van der Waals surface area contributed by atoms with Gasteiger partial charge < -0.3 is 105 Å². The van der Waals surface area contributed by atoms with E-state index >= 15 is 0 Å². The highest BCUT2D eigenvalue weighted by molar-refractivity contribution is 6.01. The number of carboxylic acids is 1. The van der Waals surface area contributed by atoms with E-state index in [0.717, 1.165) is 0 Å². The maximum atomic E-state index is 14.7. The maximum Gasteiger partial charge on any atom is 0.326 e. The number of aromatic amines is 2. The maximum absolute atomic E-state index is 14.7. The Balaban J connectivity index is 1.11. The number of nitrogens with two attached hydrogens (primary N) is 2. The first-order valence-corrected chi connectivity index (χ1v) is 42.3. The van der Waals surface area contributed by atoms with Crippen LogP contribution in [0.3, 0.4) is 0 Å². The highest BCUT2D eigenvalue weighted by atomic mass is 16.4. The van der Waals surface area contributed by atoms with Crippen LogP contribution in [-0.4, -0.2) is 251 Å². The topological polar surface area (TPSA) is 548 Å². The molecule has 3 fully saturated rings. The summed E-state index contributed by atoms with van der Waals surface area (Å²) >= 11 is 0. The van der Waals surface area contributed by atoms with Gasteiger partial charge in [0.25, 0.3) is 0 Å². The van der Waals surface area contributed by atoms with E-state index in [9.17, 15) is 82.1 Å². The number of aromatic nitrogens is 4. The molecule has 0 bridgehead atoms. The summed E-state index contributed by atoms with van der Waals surface area (Å²) in [6.07, 6.45) is 8.99. The number of likely N-dealkylation sites (tertiary alicyclic amines) is 3. The molecule has 3 aromatic rings. The van der Waals surface area contributed by atoms with E-state index in [1.165, 1.54) is 51.9 Å². The van der Waals surface area contributed by atoms with E-state index in [1.54, 1.807) is 53.7 Å². The van der Waals surface area contributed by atoms with Crippen molar-refractivity contribution in [3.63, 3.8) is 0 Å². The standard InChI is InChI=1S/C83H132N20O17/c1-44(2)32-55(85)70(106)93-60(37-52-39-86-42-89-52)75(111)96-59(36-51-24-26-54(104)27-25-51)71(107)88-41-66(105)91-61(35-47(7)8)80(116)101-29-17-21-63(101)76(112)98-68(49(11)12)78(114)100-69(50(13)14)79(115)99-67(48(9)10)77(113)92-56(20-15-16-28-84)72(108)94-57(33-45(3)4)73(109)95-58(34-46(5)6)74(110)97-62(38-53-40-87-43-90-53)81(117)102-30-18-22-64(102)82(118)103-31-19-23-65(103)83(119)120/h24-27,39-40,42-50,55-65,67-69,104H,15-23,28-38,41,84-85H2,1-14H3,(H,86,89)(H,87,90)(H,88,107)(H,91,105)(H,92,113)(H,93,106)(H,94,108)(H,95,109)(H,96,111)(H,97,110)(H,98,112)(H,99,115)(H,100,114)(H,119,120)/t55-,56-,57-,58-,59-,60-,61-,62-,63-,64-,65-,67-,68-,69-/m0/s1. The largest absolute Gasteiger partial charge is 0.508 e. The summed E-state index contributed by atoms with van der Waals surface area (Å²) in [6.45, 7) is 24.8. The van der Waals surface area contributed by atoms with Gasteiger partial charge in [-0.3, -0.25) is 67.1 Å². The second-order valence-electron chi connectivity index (χ2n) is 34.6. The first-order valence-electron chi connectivity index (χ1n) is 42.3. The Hall–Kier alpha value is -10.6. The zero-order chi connectivity index (χ0) is 88.9. The summed E-state index contributed by atoms with van der Waals surface area (Å²) in [6, 6.07) is -11.0. The van der Waals surface area contributed by atoms with Crippen molar-refractivity contribution in [3.05, 3.63) is 66.3 Å². The van der Waals surface area contributed by atoms with Gasteiger partial charge in [0.1, 0.15) is 84.3 Å². The second kappa shape index (κ2) is 47.4. The number of phenolic OH excluding ortho intramolecular Hbond substituents is 1. The molecule has 3 aliphatic rings. The number of aromatic hydroxyl groups is 1. The number of imidazole rings is 2. The quantitative estimate of drug-likeness (QED) is 0.0342. The third-order valence-electron chi connectivity index (χ3n) is 21.5. The molecule has 0 aliphatic carbocycles. The number of amides is 14. The second-order valence-corrected chi connectivity index (χ2v) is 34.6. The third kappa shape index (κ3) is 30.0. The van der Waals surface area contributed by atoms with Crippen molar-refractivity contribution in [2.75, 3.05) is 32.7 Å². The molecule has 0 radical (unpaired) electrons. The van der Waals surface area contributed by atoms with E-state index in [1.807, 2.05) is 55.4 Å². The van der Waals surface area contributed by atoms with Crippen LogP contribution in [0.4, 0.5) is 0 Å². The summed E-state index contributed by atoms with van der Waals surface area (Å²) in [4.78, 5) is 231. The Labute approximate surface area is 702 Å². The number of carbonyl (C=O) groups is 15. The van der Waals surface area contributed by atoms with E-state index < -0.39 is 198 Å². The van der Waals surface area contributed by atoms with Crippen LogP contribution in [0, 0.1) is 41.4 Å². The first kappa shape index (κ1) is 98.2. The van der Waals surface area contributed by atoms with Crippen molar-refractivity contribution >= 4 is 88.7 Å². The predicted octanol–water partition coefficient (Wildman–Crippen LogP) is 0.497. The molecule has 5 heterocycles. The molecule has 14 amide bonds. The van der Waals surface area contributed by atoms with Crippen LogP contribution in [0.25, 0.3) is 0 Å². The Morgan fingerprint density at radius 1 is 0.442 bits per heavy atom. The van der Waals surface area contributed by atoms with Gasteiger partial charge in [-0.25, -0.2) is 14.8 Å². The molecule has 0 unspecified atom stereocenters. The van der Waals surface area contributed by atoms with Crippen LogP contribution >= 0.6 is 0 Å². The number of carbonyl (C=O) groups excluding carboxylic acids is 14. The molecular weight excluding hydrogens is 1550 g/mol. The molecule has 1 aromatic carbocycles. The highest BCUT2D eigenvalue weighted by Gasteiger charge is 2.46. The van der Waals surface area contributed by atoms with Gasteiger partial charge >= 0.3 is 5.97 Å². The fourth-order valence-electron chi connectivity index (χ4n) is 15.2. The van der Waals surface area contributed by atoms with Crippen molar-refractivity contribution in [2.45, 2.75) is 284 Å². The lowest BCUT2D eigenvalue weighted by Crippen LogP contribution is -2.62. The number of phenols is 1. The fourth-order valence-corrected chi connectivity index (χ4v) is 15.2. The van der Waals surface area contributed by atoms with Gasteiger partial charge in [0.2, 0.25) is 82.7 Å². The first-order chi connectivity index (χ1) is 56.7. The molecule has 2 aromatic heterocycles. The van der Waals surface area contributed by atoms with Gasteiger partial charge in [-0.1, -0.05) is 109 Å².